The van der Waals surface area contributed by atoms with E-state index in [-0.39, 0.29) is 56.0 Å². The van der Waals surface area contributed by atoms with Crippen molar-refractivity contribution in [2.75, 3.05) is 11.5 Å². The summed E-state index contributed by atoms with van der Waals surface area (Å²) in [7, 11) is 0. The molecule has 7 aromatic rings. The van der Waals surface area contributed by atoms with Crippen LogP contribution in [0, 0.1) is 58.2 Å². The molecule has 6 N–H and O–H groups in total. The van der Waals surface area contributed by atoms with Crippen molar-refractivity contribution in [1.82, 2.24) is 19.9 Å². The highest BCUT2D eigenvalue weighted by atomic mass is 19.2. The topological polar surface area (TPSA) is 109 Å². The number of nitrogens with one attached hydrogen (secondary N) is 2. The number of nitrogen functional groups attached to an aromatic ring is 2. The molecule has 0 saturated heterocycles. The zero-order valence-electron chi connectivity index (χ0n) is 30.1. The lowest BCUT2D eigenvalue weighted by Gasteiger charge is -2.10. The molecule has 60 heavy (non-hydrogen) atoms. The van der Waals surface area contributed by atoms with Crippen molar-refractivity contribution in [3.05, 3.63) is 154 Å². The lowest BCUT2D eigenvalue weighted by Crippen LogP contribution is -2.05. The van der Waals surface area contributed by atoms with Gasteiger partial charge in [-0.25, -0.2) is 53.9 Å². The molecule has 0 amide bonds. The molecular formula is C44H22F10N6. The number of rotatable bonds is 4. The average molecular weight is 825 g/mol. The summed E-state index contributed by atoms with van der Waals surface area (Å²) in [6, 6.07) is 17.8. The van der Waals surface area contributed by atoms with Crippen LogP contribution < -0.4 is 11.5 Å². The quantitative estimate of drug-likeness (QED) is 0.0613. The first-order valence-electron chi connectivity index (χ1n) is 17.6. The monoisotopic (exact) mass is 824 g/mol. The number of hydrogen-bond acceptors (Lipinski definition) is 4. The summed E-state index contributed by atoms with van der Waals surface area (Å²) in [5.74, 6) is -22.0. The Bertz CT molecular complexity index is 2950. The molecular weight excluding hydrogens is 803 g/mol. The minimum Gasteiger partial charge on any atom is -0.399 e. The first-order valence-corrected chi connectivity index (χ1v) is 17.6. The van der Waals surface area contributed by atoms with Crippen LogP contribution in [0.25, 0.3) is 90.9 Å². The van der Waals surface area contributed by atoms with Gasteiger partial charge in [-0.05, 0) is 84.0 Å². The number of halogens is 10. The Kier molecular flexibility index (Phi) is 8.87. The van der Waals surface area contributed by atoms with Gasteiger partial charge in [0.1, 0.15) is 0 Å². The predicted octanol–water partition coefficient (Wildman–Crippen LogP) is 11.9. The fourth-order valence-corrected chi connectivity index (χ4v) is 7.29. The van der Waals surface area contributed by atoms with Crippen molar-refractivity contribution in [2.45, 2.75) is 0 Å². The Morgan fingerprint density at radius 2 is 0.550 bits per heavy atom. The number of fused-ring (bicyclic) bond motifs is 8. The van der Waals surface area contributed by atoms with Crippen LogP contribution in [0.15, 0.2) is 72.8 Å². The minimum absolute atomic E-state index is 0.0454. The third-order valence-electron chi connectivity index (χ3n) is 10.1. The summed E-state index contributed by atoms with van der Waals surface area (Å²) < 4.78 is 152. The zero-order chi connectivity index (χ0) is 42.3. The molecule has 0 aliphatic carbocycles. The maximum absolute atomic E-state index is 15.8. The number of benzene rings is 4. The molecule has 8 bridgehead atoms. The summed E-state index contributed by atoms with van der Waals surface area (Å²) in [5, 5.41) is 0. The van der Waals surface area contributed by atoms with Crippen LogP contribution in [0.4, 0.5) is 55.3 Å². The maximum Gasteiger partial charge on any atom is 0.200 e. The van der Waals surface area contributed by atoms with E-state index in [9.17, 15) is 26.3 Å². The van der Waals surface area contributed by atoms with Gasteiger partial charge < -0.3 is 21.4 Å². The Morgan fingerprint density at radius 1 is 0.300 bits per heavy atom. The molecule has 9 rings (SSSR count). The summed E-state index contributed by atoms with van der Waals surface area (Å²) in [6.07, 6.45) is 5.34. The summed E-state index contributed by atoms with van der Waals surface area (Å²) >= 11 is 0. The van der Waals surface area contributed by atoms with E-state index in [1.807, 2.05) is 0 Å². The van der Waals surface area contributed by atoms with Crippen LogP contribution in [0.2, 0.25) is 0 Å². The van der Waals surface area contributed by atoms with Gasteiger partial charge in [-0.15, -0.1) is 0 Å². The third kappa shape index (κ3) is 5.89. The molecule has 298 valence electrons. The second-order valence-electron chi connectivity index (χ2n) is 13.6. The van der Waals surface area contributed by atoms with E-state index in [0.29, 0.717) is 22.5 Å². The molecule has 5 heterocycles. The van der Waals surface area contributed by atoms with Gasteiger partial charge in [0.15, 0.2) is 46.5 Å². The van der Waals surface area contributed by atoms with Crippen molar-refractivity contribution in [2.24, 2.45) is 0 Å². The van der Waals surface area contributed by atoms with Gasteiger partial charge in [-0.3, -0.25) is 0 Å². The van der Waals surface area contributed by atoms with Crippen molar-refractivity contribution >= 4 is 57.7 Å². The highest BCUT2D eigenvalue weighted by Gasteiger charge is 2.31. The largest absolute Gasteiger partial charge is 0.399 e. The fraction of sp³-hybridized carbons (Fsp3) is 0. The molecule has 0 unspecified atom stereocenters. The zero-order valence-corrected chi connectivity index (χ0v) is 30.1. The Morgan fingerprint density at radius 3 is 0.850 bits per heavy atom. The molecule has 2 aliphatic rings. The lowest BCUT2D eigenvalue weighted by molar-refractivity contribution is 0.381. The highest BCUT2D eigenvalue weighted by molar-refractivity contribution is 6.00. The molecule has 16 heteroatoms. The van der Waals surface area contributed by atoms with Crippen molar-refractivity contribution < 1.29 is 43.9 Å². The Labute approximate surface area is 330 Å². The van der Waals surface area contributed by atoms with Crippen molar-refractivity contribution in [3.8, 4) is 44.5 Å². The second kappa shape index (κ2) is 14.0. The molecule has 0 spiro atoms. The van der Waals surface area contributed by atoms with Gasteiger partial charge in [0.25, 0.3) is 0 Å². The fourth-order valence-electron chi connectivity index (χ4n) is 7.29. The maximum atomic E-state index is 15.8. The number of anilines is 2. The van der Waals surface area contributed by atoms with E-state index in [4.69, 9.17) is 11.5 Å². The molecule has 0 fully saturated rings. The number of hydrogen-bond donors (Lipinski definition) is 4. The predicted molar refractivity (Wildman–Crippen MR) is 209 cm³/mol. The first kappa shape index (κ1) is 37.9. The van der Waals surface area contributed by atoms with Gasteiger partial charge in [0.05, 0.1) is 33.9 Å². The first-order chi connectivity index (χ1) is 28.7. The SMILES string of the molecule is Nc1ccc(-c2c3nc(c(-c4c(F)c(F)c(F)c(F)c4F)c4ccc([nH]4)c(-c4ccc(N)cc4)c4nc(c(-c5c(F)c(F)c(F)c(F)c5F)c5ccc2[nH]5)C=C4)C=C3)cc1. The van der Waals surface area contributed by atoms with E-state index in [0.717, 1.165) is 0 Å². The van der Waals surface area contributed by atoms with Crippen LogP contribution in [0.5, 0.6) is 0 Å². The van der Waals surface area contributed by atoms with Crippen LogP contribution in [-0.2, 0) is 0 Å². The lowest BCUT2D eigenvalue weighted by atomic mass is 10.0. The van der Waals surface area contributed by atoms with E-state index >= 15 is 17.6 Å². The molecule has 6 nitrogen and oxygen atoms in total. The number of H-pyrrole nitrogens is 2. The second-order valence-corrected chi connectivity index (χ2v) is 13.6. The Balaban J connectivity index is 1.53. The van der Waals surface area contributed by atoms with Gasteiger partial charge >= 0.3 is 0 Å². The standard InChI is InChI=1S/C44H22F10N6/c45-35-33(36(46)40(50)43(53)39(35)49)31-25-13-9-21(57-25)29(17-1-5-19(55)6-2-17)22-10-14-26(58-22)32(34-37(47)41(51)44(54)42(52)38(34)48)28-16-12-24(60-28)30(23-11-15-27(31)59-23)18-3-7-20(56)8-4-18/h1-16,57,60H,55-56H2. The van der Waals surface area contributed by atoms with E-state index < -0.39 is 80.4 Å². The average Bonchev–Trinajstić information content (AvgIpc) is 4.09. The third-order valence-corrected chi connectivity index (χ3v) is 10.1. The number of aromatic nitrogens is 4. The molecule has 0 atom stereocenters. The van der Waals surface area contributed by atoms with Gasteiger partial charge in [0, 0.05) is 55.7 Å². The van der Waals surface area contributed by atoms with Crippen LogP contribution in [-0.4, -0.2) is 19.9 Å². The van der Waals surface area contributed by atoms with Gasteiger partial charge in [-0.1, -0.05) is 24.3 Å². The van der Waals surface area contributed by atoms with Crippen molar-refractivity contribution in [1.29, 1.82) is 0 Å². The summed E-state index contributed by atoms with van der Waals surface area (Å²) in [4.78, 5) is 15.2. The molecule has 3 aromatic heterocycles. The van der Waals surface area contributed by atoms with Crippen LogP contribution in [0.1, 0.15) is 22.8 Å². The Hall–Kier alpha value is -7.62. The molecule has 0 saturated carbocycles. The molecule has 0 radical (unpaired) electrons. The molecule has 4 aromatic carbocycles. The van der Waals surface area contributed by atoms with E-state index in [1.54, 1.807) is 24.3 Å². The number of nitrogens with two attached hydrogens (primary N) is 2. The van der Waals surface area contributed by atoms with Crippen molar-refractivity contribution in [3.63, 3.8) is 0 Å². The molecule has 2 aliphatic heterocycles. The van der Waals surface area contributed by atoms with Gasteiger partial charge in [0.2, 0.25) is 11.6 Å². The normalized spacial score (nSPS) is 12.2. The summed E-state index contributed by atoms with van der Waals surface area (Å²) in [6.45, 7) is 0. The van der Waals surface area contributed by atoms with E-state index in [2.05, 4.69) is 19.9 Å². The van der Waals surface area contributed by atoms with Crippen LogP contribution in [0.3, 0.4) is 0 Å². The summed E-state index contributed by atoms with van der Waals surface area (Å²) in [5.41, 5.74) is 9.65. The number of aromatic amines is 2. The van der Waals surface area contributed by atoms with E-state index in [1.165, 1.54) is 72.8 Å². The smallest absolute Gasteiger partial charge is 0.200 e. The highest BCUT2D eigenvalue weighted by Crippen LogP contribution is 2.42. The van der Waals surface area contributed by atoms with Gasteiger partial charge in [-0.2, -0.15) is 0 Å². The number of nitrogens with zero attached hydrogens (tertiary/aromatic N) is 2. The van der Waals surface area contributed by atoms with Crippen LogP contribution >= 0.6 is 0 Å². The minimum atomic E-state index is -2.37.